The van der Waals surface area contributed by atoms with Crippen molar-refractivity contribution in [2.75, 3.05) is 0 Å². The number of hydrogen-bond donors (Lipinski definition) is 1. The lowest BCUT2D eigenvalue weighted by Crippen LogP contribution is -2.10. The van der Waals surface area contributed by atoms with Gasteiger partial charge in [0.1, 0.15) is 0 Å². The van der Waals surface area contributed by atoms with E-state index in [1.54, 1.807) is 0 Å². The highest BCUT2D eigenvalue weighted by Gasteiger charge is 1.99. The van der Waals surface area contributed by atoms with E-state index in [1.807, 2.05) is 0 Å². The van der Waals surface area contributed by atoms with Gasteiger partial charge in [-0.15, -0.1) is 0 Å². The molecule has 0 bridgehead atoms. The molecule has 0 aliphatic carbocycles. The number of carbonyl (C=O) groups excluding carboxylic acids is 1. The fourth-order valence-corrected chi connectivity index (χ4v) is 0.649. The molecule has 0 atom stereocenters. The molecule has 10 heavy (non-hydrogen) atoms. The average Bonchev–Trinajstić information content (AvgIpc) is 1.88. The van der Waals surface area contributed by atoms with Crippen molar-refractivity contribution < 1.29 is 9.90 Å². The Labute approximate surface area is 58.1 Å². The second-order valence-corrected chi connectivity index (χ2v) is 1.89. The van der Waals surface area contributed by atoms with E-state index in [4.69, 9.17) is 5.73 Å². The van der Waals surface area contributed by atoms with E-state index < -0.39 is 5.91 Å². The quantitative estimate of drug-likeness (QED) is 0.613. The Morgan fingerprint density at radius 3 is 2.50 bits per heavy atom. The van der Waals surface area contributed by atoms with Crippen LogP contribution < -0.4 is 5.73 Å². The molecule has 1 radical (unpaired) electrons. The maximum atomic E-state index is 10.6. The summed E-state index contributed by atoms with van der Waals surface area (Å²) in [6.07, 6.45) is 0. The second-order valence-electron chi connectivity index (χ2n) is 1.89. The van der Waals surface area contributed by atoms with Crippen molar-refractivity contribution >= 4 is 5.91 Å². The monoisotopic (exact) mass is 136 g/mol. The van der Waals surface area contributed by atoms with Gasteiger partial charge in [-0.2, -0.15) is 0 Å². The van der Waals surface area contributed by atoms with Gasteiger partial charge in [-0.1, -0.05) is 6.07 Å². The Morgan fingerprint density at radius 2 is 2.10 bits per heavy atom. The molecule has 1 rings (SSSR count). The molecular weight excluding hydrogens is 130 g/mol. The molecule has 2 N–H and O–H groups in total. The first-order chi connectivity index (χ1) is 4.70. The average molecular weight is 136 g/mol. The van der Waals surface area contributed by atoms with Gasteiger partial charge in [-0.05, 0) is 18.2 Å². The molecule has 0 aromatic heterocycles. The number of carbonyl (C=O) groups is 1. The van der Waals surface area contributed by atoms with Crippen LogP contribution >= 0.6 is 0 Å². The molecule has 0 unspecified atom stereocenters. The molecule has 1 aromatic rings. The summed E-state index contributed by atoms with van der Waals surface area (Å²) in [5.74, 6) is -0.769. The molecule has 3 heteroatoms. The fourth-order valence-electron chi connectivity index (χ4n) is 0.649. The van der Waals surface area contributed by atoms with Crippen LogP contribution in [-0.4, -0.2) is 5.91 Å². The third kappa shape index (κ3) is 1.25. The van der Waals surface area contributed by atoms with Crippen LogP contribution in [0.1, 0.15) is 10.4 Å². The summed E-state index contributed by atoms with van der Waals surface area (Å²) in [5, 5.41) is 10.6. The van der Waals surface area contributed by atoms with Gasteiger partial charge in [0.15, 0.2) is 5.75 Å². The maximum absolute atomic E-state index is 10.6. The van der Waals surface area contributed by atoms with Crippen LogP contribution in [0.4, 0.5) is 0 Å². The van der Waals surface area contributed by atoms with Crippen LogP contribution in [0.5, 0.6) is 5.75 Å². The summed E-state index contributed by atoms with van der Waals surface area (Å²) in [5.41, 5.74) is 5.16. The zero-order chi connectivity index (χ0) is 7.56. The highest BCUT2D eigenvalue weighted by atomic mass is 16.3. The van der Waals surface area contributed by atoms with Crippen molar-refractivity contribution in [1.82, 2.24) is 0 Å². The Hall–Kier alpha value is -1.51. The van der Waals surface area contributed by atoms with Gasteiger partial charge >= 0.3 is 0 Å². The lowest BCUT2D eigenvalue weighted by atomic mass is 10.2. The predicted octanol–water partition coefficient (Wildman–Crippen LogP) is 0.929. The van der Waals surface area contributed by atoms with E-state index in [-0.39, 0.29) is 11.3 Å². The van der Waals surface area contributed by atoms with Gasteiger partial charge in [0.2, 0.25) is 5.91 Å². The van der Waals surface area contributed by atoms with Crippen LogP contribution in [-0.2, 0) is 5.11 Å². The maximum Gasteiger partial charge on any atom is 0.248 e. The number of rotatable bonds is 1. The number of hydrogen-bond acceptors (Lipinski definition) is 1. The largest absolute Gasteiger partial charge is 0.366 e. The highest BCUT2D eigenvalue weighted by Crippen LogP contribution is 2.10. The van der Waals surface area contributed by atoms with Crippen LogP contribution in [0.2, 0.25) is 0 Å². The van der Waals surface area contributed by atoms with Crippen molar-refractivity contribution in [2.45, 2.75) is 0 Å². The van der Waals surface area contributed by atoms with Gasteiger partial charge in [-0.25, -0.2) is 0 Å². The first kappa shape index (κ1) is 6.61. The first-order valence-electron chi connectivity index (χ1n) is 2.77. The lowest BCUT2D eigenvalue weighted by Gasteiger charge is -1.91. The van der Waals surface area contributed by atoms with E-state index in [9.17, 15) is 9.90 Å². The van der Waals surface area contributed by atoms with Gasteiger partial charge < -0.3 is 5.73 Å². The van der Waals surface area contributed by atoms with Crippen LogP contribution in [0, 0.1) is 0 Å². The normalized spacial score (nSPS) is 9.20. The van der Waals surface area contributed by atoms with E-state index >= 15 is 0 Å². The molecule has 3 nitrogen and oxygen atoms in total. The summed E-state index contributed by atoms with van der Waals surface area (Å²) < 4.78 is 0. The molecule has 0 aliphatic rings. The number of benzene rings is 1. The SMILES string of the molecule is NC(=O)c1cccc([O])c1. The predicted molar refractivity (Wildman–Crippen MR) is 35.1 cm³/mol. The minimum atomic E-state index is -0.572. The Bertz CT molecular complexity index is 258. The van der Waals surface area contributed by atoms with Crippen molar-refractivity contribution in [3.63, 3.8) is 0 Å². The minimum absolute atomic E-state index is 0.198. The van der Waals surface area contributed by atoms with E-state index in [1.165, 1.54) is 24.3 Å². The molecule has 0 saturated carbocycles. The molecular formula is C7H6NO2. The van der Waals surface area contributed by atoms with Crippen molar-refractivity contribution in [2.24, 2.45) is 5.73 Å². The number of primary amides is 1. The Balaban J connectivity index is 3.07. The van der Waals surface area contributed by atoms with E-state index in [2.05, 4.69) is 0 Å². The van der Waals surface area contributed by atoms with E-state index in [0.717, 1.165) is 0 Å². The topological polar surface area (TPSA) is 63.0 Å². The second kappa shape index (κ2) is 2.39. The first-order valence-corrected chi connectivity index (χ1v) is 2.77. The number of nitrogens with two attached hydrogens (primary N) is 1. The van der Waals surface area contributed by atoms with E-state index in [0.29, 0.717) is 0 Å². The van der Waals surface area contributed by atoms with Gasteiger partial charge in [-0.3, -0.25) is 9.90 Å². The van der Waals surface area contributed by atoms with Gasteiger partial charge in [0, 0.05) is 5.56 Å². The Kier molecular flexibility index (Phi) is 1.58. The van der Waals surface area contributed by atoms with Crippen LogP contribution in [0.25, 0.3) is 0 Å². The number of amides is 1. The zero-order valence-corrected chi connectivity index (χ0v) is 5.20. The van der Waals surface area contributed by atoms with Crippen LogP contribution in [0.15, 0.2) is 24.3 Å². The molecule has 1 amide bonds. The van der Waals surface area contributed by atoms with Crippen molar-refractivity contribution in [3.8, 4) is 5.75 Å². The van der Waals surface area contributed by atoms with Crippen molar-refractivity contribution in [1.29, 1.82) is 0 Å². The summed E-state index contributed by atoms with van der Waals surface area (Å²) in [4.78, 5) is 10.4. The van der Waals surface area contributed by atoms with Gasteiger partial charge in [0.05, 0.1) is 0 Å². The third-order valence-electron chi connectivity index (χ3n) is 1.12. The summed E-state index contributed by atoms with van der Waals surface area (Å²) >= 11 is 0. The summed E-state index contributed by atoms with van der Waals surface area (Å²) in [6.45, 7) is 0. The zero-order valence-electron chi connectivity index (χ0n) is 5.20. The minimum Gasteiger partial charge on any atom is -0.366 e. The molecule has 51 valence electrons. The Morgan fingerprint density at radius 1 is 1.40 bits per heavy atom. The summed E-state index contributed by atoms with van der Waals surface area (Å²) in [7, 11) is 0. The highest BCUT2D eigenvalue weighted by molar-refractivity contribution is 5.93. The molecule has 1 aromatic carbocycles. The standard InChI is InChI=1S/C7H6NO2/c8-7(10)5-2-1-3-6(9)4-5/h1-4H,(H2,8,10). The van der Waals surface area contributed by atoms with Crippen LogP contribution in [0.3, 0.4) is 0 Å². The molecule has 0 heterocycles. The summed E-state index contributed by atoms with van der Waals surface area (Å²) in [6, 6.07) is 5.58. The van der Waals surface area contributed by atoms with Crippen molar-refractivity contribution in [3.05, 3.63) is 29.8 Å². The smallest absolute Gasteiger partial charge is 0.248 e. The molecule has 0 saturated heterocycles. The molecule has 0 fully saturated rings. The lowest BCUT2D eigenvalue weighted by molar-refractivity contribution is 0.0999. The molecule has 0 spiro atoms. The third-order valence-corrected chi connectivity index (χ3v) is 1.12. The fraction of sp³-hybridized carbons (Fsp3) is 0. The van der Waals surface area contributed by atoms with Gasteiger partial charge in [0.25, 0.3) is 0 Å². The molecule has 0 aliphatic heterocycles.